The number of nitrogens with one attached hydrogen (secondary N) is 2. The van der Waals surface area contributed by atoms with Gasteiger partial charge in [-0.15, -0.1) is 0 Å². The van der Waals surface area contributed by atoms with E-state index in [-0.39, 0.29) is 22.1 Å². The summed E-state index contributed by atoms with van der Waals surface area (Å²) in [7, 11) is 1.60. The fourth-order valence-corrected chi connectivity index (χ4v) is 3.66. The second-order valence-corrected chi connectivity index (χ2v) is 8.07. The maximum Gasteiger partial charge on any atom is 0.321 e. The van der Waals surface area contributed by atoms with E-state index in [0.717, 1.165) is 0 Å². The summed E-state index contributed by atoms with van der Waals surface area (Å²) in [5.74, 6) is -1.46. The number of Topliss-reactive ketones (excluding diaryl/α,β-unsaturated/α-hetero) is 1. The fourth-order valence-electron chi connectivity index (χ4n) is 3.29. The van der Waals surface area contributed by atoms with Crippen LogP contribution in [-0.2, 0) is 16.1 Å². The van der Waals surface area contributed by atoms with Gasteiger partial charge in [-0.1, -0.05) is 0 Å². The number of nitrogens with zero attached hydrogens (tertiary/aromatic N) is 4. The molecule has 12 heteroatoms. The Balaban J connectivity index is 1.55. The maximum absolute atomic E-state index is 13.4. The SMILES string of the molecule is COCCn1cc(NC(=O)N2CCC(C(=O)C(=Nc3ccc(F)c(Br)c3)NO)CC2)cn1. The number of benzene rings is 1. The quantitative estimate of drug-likeness (QED) is 0.299. The van der Waals surface area contributed by atoms with E-state index in [2.05, 4.69) is 31.3 Å². The van der Waals surface area contributed by atoms with Crippen molar-refractivity contribution in [1.82, 2.24) is 20.2 Å². The van der Waals surface area contributed by atoms with Gasteiger partial charge in [-0.25, -0.2) is 19.7 Å². The molecule has 3 N–H and O–H groups in total. The van der Waals surface area contributed by atoms with Gasteiger partial charge in [0.15, 0.2) is 5.84 Å². The number of rotatable bonds is 7. The van der Waals surface area contributed by atoms with Gasteiger partial charge in [0.05, 0.1) is 35.2 Å². The van der Waals surface area contributed by atoms with E-state index >= 15 is 0 Å². The lowest BCUT2D eigenvalue weighted by Crippen LogP contribution is -2.44. The van der Waals surface area contributed by atoms with Crippen molar-refractivity contribution in [3.63, 3.8) is 0 Å². The molecular formula is C20H24BrFN6O4. The Kier molecular flexibility index (Phi) is 8.31. The van der Waals surface area contributed by atoms with E-state index in [9.17, 15) is 19.2 Å². The molecule has 172 valence electrons. The van der Waals surface area contributed by atoms with Crippen LogP contribution in [0.1, 0.15) is 12.8 Å². The van der Waals surface area contributed by atoms with Crippen LogP contribution in [0.25, 0.3) is 0 Å². The summed E-state index contributed by atoms with van der Waals surface area (Å²) >= 11 is 3.06. The largest absolute Gasteiger partial charge is 0.383 e. The summed E-state index contributed by atoms with van der Waals surface area (Å²) in [5.41, 5.74) is 2.73. The van der Waals surface area contributed by atoms with Gasteiger partial charge < -0.3 is 15.0 Å². The third kappa shape index (κ3) is 6.11. The van der Waals surface area contributed by atoms with Crippen molar-refractivity contribution in [3.8, 4) is 0 Å². The van der Waals surface area contributed by atoms with Crippen LogP contribution in [0.15, 0.2) is 40.1 Å². The van der Waals surface area contributed by atoms with Gasteiger partial charge >= 0.3 is 6.03 Å². The van der Waals surface area contributed by atoms with E-state index in [1.54, 1.807) is 29.1 Å². The molecule has 0 aliphatic carbocycles. The minimum Gasteiger partial charge on any atom is -0.383 e. The van der Waals surface area contributed by atoms with Gasteiger partial charge in [0, 0.05) is 32.3 Å². The van der Waals surface area contributed by atoms with Crippen molar-refractivity contribution in [2.75, 3.05) is 32.1 Å². The van der Waals surface area contributed by atoms with Gasteiger partial charge in [-0.3, -0.25) is 14.7 Å². The molecule has 0 unspecified atom stereocenters. The normalized spacial score (nSPS) is 15.0. The number of amides is 2. The van der Waals surface area contributed by atoms with Crippen LogP contribution in [0, 0.1) is 11.7 Å². The predicted octanol–water partition coefficient (Wildman–Crippen LogP) is 2.95. The molecule has 0 saturated carbocycles. The fraction of sp³-hybridized carbons (Fsp3) is 0.400. The van der Waals surface area contributed by atoms with Gasteiger partial charge in [0.25, 0.3) is 0 Å². The average molecular weight is 511 g/mol. The molecule has 1 aromatic heterocycles. The van der Waals surface area contributed by atoms with E-state index in [4.69, 9.17) is 4.74 Å². The summed E-state index contributed by atoms with van der Waals surface area (Å²) in [6, 6.07) is 3.74. The predicted molar refractivity (Wildman–Crippen MR) is 119 cm³/mol. The van der Waals surface area contributed by atoms with Crippen molar-refractivity contribution in [3.05, 3.63) is 40.9 Å². The van der Waals surface area contributed by atoms with Crippen LogP contribution in [0.3, 0.4) is 0 Å². The molecule has 0 radical (unpaired) electrons. The second kappa shape index (κ2) is 11.2. The number of hydrogen-bond donors (Lipinski definition) is 3. The minimum atomic E-state index is -0.457. The van der Waals surface area contributed by atoms with Crippen LogP contribution < -0.4 is 10.8 Å². The third-order valence-corrected chi connectivity index (χ3v) is 5.65. The Morgan fingerprint density at radius 3 is 2.78 bits per heavy atom. The molecule has 1 aliphatic heterocycles. The van der Waals surface area contributed by atoms with E-state index in [0.29, 0.717) is 50.5 Å². The minimum absolute atomic E-state index is 0.201. The lowest BCUT2D eigenvalue weighted by atomic mass is 9.92. The smallest absolute Gasteiger partial charge is 0.321 e. The number of amidine groups is 1. The summed E-state index contributed by atoms with van der Waals surface area (Å²) in [5, 5.41) is 16.3. The zero-order valence-electron chi connectivity index (χ0n) is 17.4. The number of carbonyl (C=O) groups is 2. The number of methoxy groups -OCH3 is 1. The number of likely N-dealkylation sites (tertiary alicyclic amines) is 1. The molecule has 2 heterocycles. The number of anilines is 1. The van der Waals surface area contributed by atoms with E-state index in [1.165, 1.54) is 18.2 Å². The Hall–Kier alpha value is -2.83. The average Bonchev–Trinajstić information content (AvgIpc) is 3.25. The zero-order valence-corrected chi connectivity index (χ0v) is 19.0. The molecule has 3 rings (SSSR count). The van der Waals surface area contributed by atoms with Crippen molar-refractivity contribution >= 4 is 45.0 Å². The first-order valence-corrected chi connectivity index (χ1v) is 10.8. The Morgan fingerprint density at radius 1 is 1.38 bits per heavy atom. The monoisotopic (exact) mass is 510 g/mol. The lowest BCUT2D eigenvalue weighted by molar-refractivity contribution is -0.118. The molecule has 0 atom stereocenters. The maximum atomic E-state index is 13.4. The lowest BCUT2D eigenvalue weighted by Gasteiger charge is -2.31. The molecular weight excluding hydrogens is 487 g/mol. The number of ether oxygens (including phenoxy) is 1. The summed E-state index contributed by atoms with van der Waals surface area (Å²) < 4.78 is 20.3. The topological polar surface area (TPSA) is 121 Å². The highest BCUT2D eigenvalue weighted by Crippen LogP contribution is 2.24. The van der Waals surface area contributed by atoms with E-state index < -0.39 is 11.7 Å². The van der Waals surface area contributed by atoms with Crippen LogP contribution in [-0.4, -0.2) is 64.3 Å². The molecule has 2 amide bonds. The Bertz CT molecular complexity index is 990. The number of aromatic nitrogens is 2. The number of urea groups is 1. The molecule has 1 aromatic carbocycles. The first-order valence-electron chi connectivity index (χ1n) is 9.96. The van der Waals surface area contributed by atoms with Crippen molar-refractivity contribution in [2.45, 2.75) is 19.4 Å². The standard InChI is InChI=1S/C20H24BrFN6O4/c1-32-9-8-28-12-15(11-23-28)25-20(30)27-6-4-13(5-7-27)18(29)19(26-31)24-14-2-3-17(22)16(21)10-14/h2-3,10-13,31H,4-9H2,1H3,(H,24,26)(H,25,30). The Morgan fingerprint density at radius 2 is 2.12 bits per heavy atom. The zero-order chi connectivity index (χ0) is 23.1. The van der Waals surface area contributed by atoms with Crippen LogP contribution in [0.5, 0.6) is 0 Å². The molecule has 1 fully saturated rings. The number of carbonyl (C=O) groups excluding carboxylic acids is 2. The van der Waals surface area contributed by atoms with Crippen molar-refractivity contribution < 1.29 is 23.9 Å². The van der Waals surface area contributed by atoms with Gasteiger partial charge in [0.1, 0.15) is 5.82 Å². The summed E-state index contributed by atoms with van der Waals surface area (Å²) in [6.45, 7) is 1.85. The molecule has 32 heavy (non-hydrogen) atoms. The van der Waals surface area contributed by atoms with Crippen LogP contribution >= 0.6 is 15.9 Å². The van der Waals surface area contributed by atoms with Gasteiger partial charge in [0.2, 0.25) is 5.78 Å². The highest BCUT2D eigenvalue weighted by molar-refractivity contribution is 9.10. The first-order chi connectivity index (χ1) is 15.4. The molecule has 2 aromatic rings. The number of hydroxylamine groups is 1. The highest BCUT2D eigenvalue weighted by atomic mass is 79.9. The summed E-state index contributed by atoms with van der Waals surface area (Å²) in [6.07, 6.45) is 4.13. The van der Waals surface area contributed by atoms with Gasteiger partial charge in [-0.2, -0.15) is 5.10 Å². The Labute approximate surface area is 192 Å². The highest BCUT2D eigenvalue weighted by Gasteiger charge is 2.30. The third-order valence-electron chi connectivity index (χ3n) is 5.05. The number of piperidine rings is 1. The molecule has 0 spiro atoms. The molecule has 1 aliphatic rings. The van der Waals surface area contributed by atoms with Crippen molar-refractivity contribution in [1.29, 1.82) is 0 Å². The van der Waals surface area contributed by atoms with Crippen LogP contribution in [0.2, 0.25) is 0 Å². The number of hydrogen-bond acceptors (Lipinski definition) is 6. The van der Waals surface area contributed by atoms with Gasteiger partial charge in [-0.05, 0) is 47.0 Å². The second-order valence-electron chi connectivity index (χ2n) is 7.21. The van der Waals surface area contributed by atoms with E-state index in [1.807, 2.05) is 5.48 Å². The molecule has 10 nitrogen and oxygen atoms in total. The van der Waals surface area contributed by atoms with Crippen LogP contribution in [0.4, 0.5) is 20.6 Å². The summed E-state index contributed by atoms with van der Waals surface area (Å²) in [4.78, 5) is 31.0. The first kappa shape index (κ1) is 23.8. The van der Waals surface area contributed by atoms with Crippen molar-refractivity contribution in [2.24, 2.45) is 10.9 Å². The number of ketones is 1. The molecule has 0 bridgehead atoms. The number of halogens is 2. The number of aliphatic imine (C=N–C) groups is 1. The molecule has 1 saturated heterocycles.